The van der Waals surface area contributed by atoms with Crippen molar-refractivity contribution >= 4 is 15.7 Å². The quantitative estimate of drug-likeness (QED) is 0.708. The highest BCUT2D eigenvalue weighted by Crippen LogP contribution is 2.20. The molecule has 24 heavy (non-hydrogen) atoms. The highest BCUT2D eigenvalue weighted by atomic mass is 32.2. The van der Waals surface area contributed by atoms with Crippen LogP contribution in [0.4, 0.5) is 0 Å². The van der Waals surface area contributed by atoms with E-state index < -0.39 is 15.9 Å². The van der Waals surface area contributed by atoms with Crippen LogP contribution in [0.1, 0.15) is 25.7 Å². The molecule has 3 rings (SSSR count). The van der Waals surface area contributed by atoms with Crippen LogP contribution in [-0.2, 0) is 14.6 Å². The molecule has 0 aliphatic carbocycles. The Morgan fingerprint density at radius 2 is 1.54 bits per heavy atom. The van der Waals surface area contributed by atoms with Gasteiger partial charge >= 0.3 is 0 Å². The summed E-state index contributed by atoms with van der Waals surface area (Å²) >= 11 is 0. The first kappa shape index (κ1) is 18.1. The summed E-state index contributed by atoms with van der Waals surface area (Å²) in [5, 5.41) is 9.99. The Bertz CT molecular complexity index is 538. The van der Waals surface area contributed by atoms with Crippen molar-refractivity contribution in [3.63, 3.8) is 0 Å². The van der Waals surface area contributed by atoms with E-state index in [1.807, 2.05) is 4.90 Å². The Kier molecular flexibility index (Phi) is 5.79. The third-order valence-electron chi connectivity index (χ3n) is 5.49. The van der Waals surface area contributed by atoms with Crippen LogP contribution in [0.25, 0.3) is 0 Å². The van der Waals surface area contributed by atoms with E-state index in [9.17, 15) is 18.3 Å². The summed E-state index contributed by atoms with van der Waals surface area (Å²) in [6.45, 7) is 5.15. The Balaban J connectivity index is 1.46. The Hall–Kier alpha value is -0.700. The zero-order valence-electron chi connectivity index (χ0n) is 14.3. The second-order valence-electron chi connectivity index (χ2n) is 7.32. The first-order valence-corrected chi connectivity index (χ1v) is 10.9. The van der Waals surface area contributed by atoms with Gasteiger partial charge in [0.25, 0.3) is 0 Å². The molecule has 1 N–H and O–H groups in total. The average molecular weight is 359 g/mol. The van der Waals surface area contributed by atoms with Gasteiger partial charge in [0.05, 0.1) is 30.2 Å². The van der Waals surface area contributed by atoms with Crippen molar-refractivity contribution in [2.24, 2.45) is 0 Å². The Morgan fingerprint density at radius 1 is 0.917 bits per heavy atom. The normalized spacial score (nSPS) is 32.6. The molecule has 0 spiro atoms. The van der Waals surface area contributed by atoms with Crippen LogP contribution < -0.4 is 0 Å². The SMILES string of the molecule is O=C(CN1CCN([C@@H]2CS(=O)(=O)C[C@@H]2O)CC1)N1CCCCCC1. The maximum Gasteiger partial charge on any atom is 0.236 e. The second-order valence-corrected chi connectivity index (χ2v) is 9.47. The Labute approximate surface area is 144 Å². The van der Waals surface area contributed by atoms with Crippen LogP contribution in [0, 0.1) is 0 Å². The van der Waals surface area contributed by atoms with Gasteiger partial charge < -0.3 is 10.0 Å². The molecule has 0 bridgehead atoms. The van der Waals surface area contributed by atoms with E-state index >= 15 is 0 Å². The summed E-state index contributed by atoms with van der Waals surface area (Å²) in [7, 11) is -3.11. The number of aliphatic hydroxyl groups excluding tert-OH is 1. The molecule has 138 valence electrons. The predicted molar refractivity (Wildman–Crippen MR) is 91.5 cm³/mol. The van der Waals surface area contributed by atoms with Crippen LogP contribution >= 0.6 is 0 Å². The van der Waals surface area contributed by atoms with Gasteiger partial charge in [0.1, 0.15) is 0 Å². The van der Waals surface area contributed by atoms with Crippen molar-refractivity contribution in [1.29, 1.82) is 0 Å². The highest BCUT2D eigenvalue weighted by molar-refractivity contribution is 7.91. The van der Waals surface area contributed by atoms with Crippen molar-refractivity contribution in [3.8, 4) is 0 Å². The van der Waals surface area contributed by atoms with Crippen LogP contribution in [0.15, 0.2) is 0 Å². The van der Waals surface area contributed by atoms with Crippen molar-refractivity contribution < 1.29 is 18.3 Å². The van der Waals surface area contributed by atoms with Crippen molar-refractivity contribution in [2.75, 3.05) is 57.3 Å². The molecule has 3 fully saturated rings. The fourth-order valence-electron chi connectivity index (χ4n) is 4.02. The van der Waals surface area contributed by atoms with Gasteiger partial charge in [-0.25, -0.2) is 8.42 Å². The van der Waals surface area contributed by atoms with Gasteiger partial charge in [-0.3, -0.25) is 14.6 Å². The minimum Gasteiger partial charge on any atom is -0.390 e. The minimum absolute atomic E-state index is 0.0564. The number of hydrogen-bond acceptors (Lipinski definition) is 6. The number of aliphatic hydroxyl groups is 1. The summed E-state index contributed by atoms with van der Waals surface area (Å²) in [5.41, 5.74) is 0. The summed E-state index contributed by atoms with van der Waals surface area (Å²) in [6, 6.07) is -0.279. The van der Waals surface area contributed by atoms with Gasteiger partial charge in [-0.15, -0.1) is 0 Å². The van der Waals surface area contributed by atoms with E-state index in [0.717, 1.165) is 39.0 Å². The first-order valence-electron chi connectivity index (χ1n) is 9.07. The number of rotatable bonds is 3. The van der Waals surface area contributed by atoms with Gasteiger partial charge in [-0.2, -0.15) is 0 Å². The number of piperazine rings is 1. The third kappa shape index (κ3) is 4.47. The zero-order chi connectivity index (χ0) is 17.2. The molecule has 3 aliphatic rings. The van der Waals surface area contributed by atoms with Crippen LogP contribution in [0.5, 0.6) is 0 Å². The van der Waals surface area contributed by atoms with E-state index in [-0.39, 0.29) is 23.5 Å². The fraction of sp³-hybridized carbons (Fsp3) is 0.938. The molecule has 0 saturated carbocycles. The van der Waals surface area contributed by atoms with Crippen molar-refractivity contribution in [1.82, 2.24) is 14.7 Å². The fourth-order valence-corrected chi connectivity index (χ4v) is 5.86. The Morgan fingerprint density at radius 3 is 2.08 bits per heavy atom. The molecule has 0 radical (unpaired) electrons. The van der Waals surface area contributed by atoms with E-state index in [4.69, 9.17) is 0 Å². The van der Waals surface area contributed by atoms with Gasteiger partial charge in [0.2, 0.25) is 5.91 Å². The molecule has 3 heterocycles. The molecule has 7 nitrogen and oxygen atoms in total. The molecular formula is C16H29N3O4S. The number of sulfone groups is 1. The maximum absolute atomic E-state index is 12.4. The summed E-state index contributed by atoms with van der Waals surface area (Å²) in [4.78, 5) is 18.7. The molecule has 2 atom stereocenters. The molecule has 3 saturated heterocycles. The van der Waals surface area contributed by atoms with E-state index in [2.05, 4.69) is 9.80 Å². The largest absolute Gasteiger partial charge is 0.390 e. The van der Waals surface area contributed by atoms with Gasteiger partial charge in [0.15, 0.2) is 9.84 Å². The lowest BCUT2D eigenvalue weighted by Crippen LogP contribution is -2.55. The lowest BCUT2D eigenvalue weighted by atomic mass is 10.1. The standard InChI is InChI=1S/C16H29N3O4S/c20-15-13-24(22,23)12-14(15)18-9-7-17(8-10-18)11-16(21)19-5-3-1-2-4-6-19/h14-15,20H,1-13H2/t14-,15+/m1/s1. The number of carbonyl (C=O) groups is 1. The summed E-state index contributed by atoms with van der Waals surface area (Å²) in [6.07, 6.45) is 3.87. The van der Waals surface area contributed by atoms with E-state index in [0.29, 0.717) is 19.6 Å². The molecule has 1 amide bonds. The smallest absolute Gasteiger partial charge is 0.236 e. The molecule has 0 aromatic heterocycles. The topological polar surface area (TPSA) is 81.2 Å². The minimum atomic E-state index is -3.11. The monoisotopic (exact) mass is 359 g/mol. The number of likely N-dealkylation sites (tertiary alicyclic amines) is 1. The van der Waals surface area contributed by atoms with Gasteiger partial charge in [0, 0.05) is 39.3 Å². The molecule has 0 unspecified atom stereocenters. The number of nitrogens with zero attached hydrogens (tertiary/aromatic N) is 3. The second kappa shape index (κ2) is 7.68. The van der Waals surface area contributed by atoms with E-state index in [1.165, 1.54) is 12.8 Å². The maximum atomic E-state index is 12.4. The number of amides is 1. The first-order chi connectivity index (χ1) is 11.4. The van der Waals surface area contributed by atoms with Crippen molar-refractivity contribution in [2.45, 2.75) is 37.8 Å². The summed E-state index contributed by atoms with van der Waals surface area (Å²) < 4.78 is 23.3. The molecular weight excluding hydrogens is 330 g/mol. The van der Waals surface area contributed by atoms with Gasteiger partial charge in [-0.05, 0) is 12.8 Å². The average Bonchev–Trinajstić information content (AvgIpc) is 2.73. The zero-order valence-corrected chi connectivity index (χ0v) is 15.1. The highest BCUT2D eigenvalue weighted by Gasteiger charge is 2.40. The number of carbonyl (C=O) groups excluding carboxylic acids is 1. The van der Waals surface area contributed by atoms with Crippen LogP contribution in [0.2, 0.25) is 0 Å². The predicted octanol–water partition coefficient (Wildman–Crippen LogP) is -0.835. The van der Waals surface area contributed by atoms with Crippen molar-refractivity contribution in [3.05, 3.63) is 0 Å². The molecule has 0 aromatic rings. The molecule has 0 aromatic carbocycles. The molecule has 3 aliphatic heterocycles. The molecule has 8 heteroatoms. The summed E-state index contributed by atoms with van der Waals surface area (Å²) in [5.74, 6) is 0.153. The van der Waals surface area contributed by atoms with Gasteiger partial charge in [-0.1, -0.05) is 12.8 Å². The lowest BCUT2D eigenvalue weighted by molar-refractivity contribution is -0.133. The third-order valence-corrected chi connectivity index (χ3v) is 7.19. The number of hydrogen-bond donors (Lipinski definition) is 1. The van der Waals surface area contributed by atoms with E-state index in [1.54, 1.807) is 0 Å². The lowest BCUT2D eigenvalue weighted by Gasteiger charge is -2.38. The van der Waals surface area contributed by atoms with Crippen LogP contribution in [-0.4, -0.2) is 104 Å². The van der Waals surface area contributed by atoms with Crippen LogP contribution in [0.3, 0.4) is 0 Å².